The van der Waals surface area contributed by atoms with Crippen molar-refractivity contribution >= 4 is 16.9 Å². The van der Waals surface area contributed by atoms with Crippen LogP contribution in [0.5, 0.6) is 0 Å². The number of nitrogens with zero attached hydrogens (tertiary/aromatic N) is 2. The molecule has 0 amide bonds. The van der Waals surface area contributed by atoms with E-state index < -0.39 is 0 Å². The zero-order valence-electron chi connectivity index (χ0n) is 14.2. The highest BCUT2D eigenvalue weighted by atomic mass is 16.4. The molecule has 3 aromatic rings. The lowest BCUT2D eigenvalue weighted by atomic mass is 10.2. The molecule has 0 aliphatic rings. The Labute approximate surface area is 141 Å². The van der Waals surface area contributed by atoms with Gasteiger partial charge in [-0.1, -0.05) is 18.2 Å². The summed E-state index contributed by atoms with van der Waals surface area (Å²) in [6.07, 6.45) is 0. The maximum atomic E-state index is 5.78. The number of aryl methyl sites for hydroxylation is 2. The Bertz CT molecular complexity index is 795. The van der Waals surface area contributed by atoms with Crippen molar-refractivity contribution in [2.24, 2.45) is 4.99 Å². The molecule has 0 fully saturated rings. The van der Waals surface area contributed by atoms with Crippen LogP contribution in [-0.4, -0.2) is 17.5 Å². The average Bonchev–Trinajstić information content (AvgIpc) is 3.13. The summed E-state index contributed by atoms with van der Waals surface area (Å²) in [5.41, 5.74) is 1.79. The van der Waals surface area contributed by atoms with E-state index >= 15 is 0 Å². The van der Waals surface area contributed by atoms with Gasteiger partial charge in [-0.05, 0) is 32.9 Å². The Morgan fingerprint density at radius 2 is 2.00 bits per heavy atom. The zero-order valence-corrected chi connectivity index (χ0v) is 14.2. The smallest absolute Gasteiger partial charge is 0.214 e. The average molecular weight is 326 g/mol. The number of para-hydroxylation sites is 1. The summed E-state index contributed by atoms with van der Waals surface area (Å²) in [6, 6.07) is 9.97. The van der Waals surface area contributed by atoms with Crippen molar-refractivity contribution < 1.29 is 8.83 Å². The molecule has 1 aromatic carbocycles. The zero-order chi connectivity index (χ0) is 16.9. The van der Waals surface area contributed by atoms with E-state index in [-0.39, 0.29) is 0 Å². The quantitative estimate of drug-likeness (QED) is 0.556. The highest BCUT2D eigenvalue weighted by molar-refractivity contribution is 5.80. The number of furan rings is 1. The Hall–Kier alpha value is -2.76. The molecule has 24 heavy (non-hydrogen) atoms. The maximum absolute atomic E-state index is 5.78. The maximum Gasteiger partial charge on any atom is 0.214 e. The van der Waals surface area contributed by atoms with Gasteiger partial charge in [0, 0.05) is 11.9 Å². The molecule has 2 aromatic heterocycles. The van der Waals surface area contributed by atoms with Gasteiger partial charge in [0.2, 0.25) is 5.89 Å². The molecule has 2 heterocycles. The fourth-order valence-electron chi connectivity index (χ4n) is 2.39. The van der Waals surface area contributed by atoms with Gasteiger partial charge in [-0.2, -0.15) is 0 Å². The number of benzene rings is 1. The number of nitrogens with one attached hydrogen (secondary N) is 2. The van der Waals surface area contributed by atoms with Crippen LogP contribution in [0.15, 0.2) is 44.2 Å². The molecule has 0 unspecified atom stereocenters. The van der Waals surface area contributed by atoms with E-state index in [9.17, 15) is 0 Å². The molecule has 6 nitrogen and oxygen atoms in total. The minimum absolute atomic E-state index is 0.466. The van der Waals surface area contributed by atoms with Crippen LogP contribution in [0.4, 0.5) is 0 Å². The van der Waals surface area contributed by atoms with Crippen LogP contribution >= 0.6 is 0 Å². The molecular formula is C18H22N4O2. The fraction of sp³-hybridized carbons (Fsp3) is 0.333. The van der Waals surface area contributed by atoms with Crippen LogP contribution < -0.4 is 10.6 Å². The van der Waals surface area contributed by atoms with E-state index in [0.29, 0.717) is 24.9 Å². The summed E-state index contributed by atoms with van der Waals surface area (Å²) in [5.74, 6) is 3.03. The van der Waals surface area contributed by atoms with Gasteiger partial charge in [0.05, 0.1) is 12.2 Å². The highest BCUT2D eigenvalue weighted by Gasteiger charge is 2.07. The predicted octanol–water partition coefficient (Wildman–Crippen LogP) is 3.29. The Balaban J connectivity index is 1.66. The first-order chi connectivity index (χ1) is 11.7. The van der Waals surface area contributed by atoms with Crippen LogP contribution in [0.25, 0.3) is 11.0 Å². The molecule has 0 atom stereocenters. The molecule has 3 rings (SSSR count). The number of oxazole rings is 1. The van der Waals surface area contributed by atoms with Gasteiger partial charge in [-0.25, -0.2) is 9.98 Å². The Kier molecular flexibility index (Phi) is 4.84. The first kappa shape index (κ1) is 16.1. The van der Waals surface area contributed by atoms with Crippen LogP contribution in [0, 0.1) is 13.8 Å². The summed E-state index contributed by atoms with van der Waals surface area (Å²) < 4.78 is 11.4. The van der Waals surface area contributed by atoms with Crippen molar-refractivity contribution in [1.82, 2.24) is 15.6 Å². The third-order valence-electron chi connectivity index (χ3n) is 3.69. The number of hydrogen-bond acceptors (Lipinski definition) is 4. The number of guanidine groups is 1. The number of aromatic nitrogens is 1. The lowest BCUT2D eigenvalue weighted by Gasteiger charge is -2.09. The Morgan fingerprint density at radius 3 is 2.71 bits per heavy atom. The van der Waals surface area contributed by atoms with E-state index in [2.05, 4.69) is 20.6 Å². The van der Waals surface area contributed by atoms with E-state index in [0.717, 1.165) is 34.7 Å². The molecule has 0 bridgehead atoms. The van der Waals surface area contributed by atoms with Crippen molar-refractivity contribution in [1.29, 1.82) is 0 Å². The standard InChI is InChI=1S/C18H22N4O2/c1-4-19-18(21-11-17-22-12(2)13(3)23-17)20-10-15-9-14-7-5-6-8-16(14)24-15/h5-9H,4,10-11H2,1-3H3,(H2,19,20,21). The normalized spacial score (nSPS) is 11.9. The Morgan fingerprint density at radius 1 is 1.17 bits per heavy atom. The third kappa shape index (κ3) is 3.76. The van der Waals surface area contributed by atoms with Crippen molar-refractivity contribution in [2.75, 3.05) is 6.54 Å². The summed E-state index contributed by atoms with van der Waals surface area (Å²) in [6.45, 7) is 7.59. The summed E-state index contributed by atoms with van der Waals surface area (Å²) in [5, 5.41) is 7.52. The van der Waals surface area contributed by atoms with Gasteiger partial charge >= 0.3 is 0 Å². The van der Waals surface area contributed by atoms with Crippen molar-refractivity contribution in [2.45, 2.75) is 33.9 Å². The van der Waals surface area contributed by atoms with E-state index in [1.807, 2.05) is 51.1 Å². The second kappa shape index (κ2) is 7.21. The minimum Gasteiger partial charge on any atom is -0.459 e. The summed E-state index contributed by atoms with van der Waals surface area (Å²) in [4.78, 5) is 8.91. The first-order valence-corrected chi connectivity index (χ1v) is 8.08. The van der Waals surface area contributed by atoms with Crippen LogP contribution in [0.1, 0.15) is 30.0 Å². The van der Waals surface area contributed by atoms with Crippen LogP contribution in [-0.2, 0) is 13.1 Å². The van der Waals surface area contributed by atoms with Gasteiger partial charge in [0.1, 0.15) is 23.6 Å². The van der Waals surface area contributed by atoms with Crippen molar-refractivity contribution in [3.05, 3.63) is 53.4 Å². The second-order valence-electron chi connectivity index (χ2n) is 5.55. The summed E-state index contributed by atoms with van der Waals surface area (Å²) >= 11 is 0. The molecule has 2 N–H and O–H groups in total. The van der Waals surface area contributed by atoms with Gasteiger partial charge < -0.3 is 19.5 Å². The predicted molar refractivity (Wildman–Crippen MR) is 93.8 cm³/mol. The molecule has 126 valence electrons. The first-order valence-electron chi connectivity index (χ1n) is 8.08. The van der Waals surface area contributed by atoms with Crippen LogP contribution in [0.3, 0.4) is 0 Å². The van der Waals surface area contributed by atoms with Gasteiger partial charge in [0.15, 0.2) is 5.96 Å². The lowest BCUT2D eigenvalue weighted by Crippen LogP contribution is -2.36. The van der Waals surface area contributed by atoms with Gasteiger partial charge in [-0.3, -0.25) is 0 Å². The van der Waals surface area contributed by atoms with E-state index in [4.69, 9.17) is 8.83 Å². The number of aliphatic imine (C=N–C) groups is 1. The fourth-order valence-corrected chi connectivity index (χ4v) is 2.39. The largest absolute Gasteiger partial charge is 0.459 e. The monoisotopic (exact) mass is 326 g/mol. The van der Waals surface area contributed by atoms with Crippen LogP contribution in [0.2, 0.25) is 0 Å². The molecule has 0 aliphatic carbocycles. The minimum atomic E-state index is 0.466. The molecule has 0 saturated heterocycles. The number of rotatable bonds is 5. The van der Waals surface area contributed by atoms with E-state index in [1.54, 1.807) is 0 Å². The SMILES string of the molecule is CCNC(=NCc1cc2ccccc2o1)NCc1nc(C)c(C)o1. The molecular weight excluding hydrogens is 304 g/mol. The number of hydrogen-bond donors (Lipinski definition) is 2. The topological polar surface area (TPSA) is 75.6 Å². The molecule has 0 saturated carbocycles. The second-order valence-corrected chi connectivity index (χ2v) is 5.55. The van der Waals surface area contributed by atoms with Crippen molar-refractivity contribution in [3.8, 4) is 0 Å². The number of fused-ring (bicyclic) bond motifs is 1. The molecule has 0 spiro atoms. The van der Waals surface area contributed by atoms with E-state index in [1.165, 1.54) is 0 Å². The van der Waals surface area contributed by atoms with Gasteiger partial charge in [0.25, 0.3) is 0 Å². The highest BCUT2D eigenvalue weighted by Crippen LogP contribution is 2.19. The third-order valence-corrected chi connectivity index (χ3v) is 3.69. The van der Waals surface area contributed by atoms with Crippen molar-refractivity contribution in [3.63, 3.8) is 0 Å². The molecule has 0 radical (unpaired) electrons. The summed E-state index contributed by atoms with van der Waals surface area (Å²) in [7, 11) is 0. The van der Waals surface area contributed by atoms with Gasteiger partial charge in [-0.15, -0.1) is 0 Å². The molecule has 6 heteroatoms. The lowest BCUT2D eigenvalue weighted by molar-refractivity contribution is 0.463. The molecule has 0 aliphatic heterocycles.